The van der Waals surface area contributed by atoms with Crippen molar-refractivity contribution >= 4 is 11.7 Å². The van der Waals surface area contributed by atoms with E-state index in [9.17, 15) is 4.79 Å². The number of anilines is 1. The van der Waals surface area contributed by atoms with E-state index >= 15 is 0 Å². The number of aromatic nitrogens is 2. The number of hydrogen-bond donors (Lipinski definition) is 2. The summed E-state index contributed by atoms with van der Waals surface area (Å²) in [5.41, 5.74) is 5.63. The van der Waals surface area contributed by atoms with Gasteiger partial charge in [-0.3, -0.25) is 4.79 Å². The molecule has 5 heteroatoms. The van der Waals surface area contributed by atoms with Crippen LogP contribution in [0.15, 0.2) is 18.3 Å². The number of carbonyl (C=O) groups excluding carboxylic acids is 1. The lowest BCUT2D eigenvalue weighted by Gasteiger charge is -2.07. The second-order valence-corrected chi connectivity index (χ2v) is 3.03. The zero-order valence-corrected chi connectivity index (χ0v) is 8.10. The molecule has 3 N–H and O–H groups in total. The largest absolute Gasteiger partial charge is 0.327 e. The normalized spacial score (nSPS) is 12.1. The average molecular weight is 194 g/mol. The molecular weight excluding hydrogens is 180 g/mol. The van der Waals surface area contributed by atoms with Gasteiger partial charge in [-0.25, -0.2) is 0 Å². The first-order valence-corrected chi connectivity index (χ1v) is 4.55. The predicted octanol–water partition coefficient (Wildman–Crippen LogP) is 0.542. The number of nitrogens with two attached hydrogens (primary N) is 1. The maximum absolute atomic E-state index is 11.3. The molecule has 1 rings (SSSR count). The molecule has 0 bridgehead atoms. The maximum atomic E-state index is 11.3. The molecule has 1 heterocycles. The average Bonchev–Trinajstić information content (AvgIpc) is 2.19. The van der Waals surface area contributed by atoms with Gasteiger partial charge in [0.1, 0.15) is 0 Å². The first kappa shape index (κ1) is 10.6. The van der Waals surface area contributed by atoms with Crippen molar-refractivity contribution in [3.8, 4) is 0 Å². The lowest BCUT2D eigenvalue weighted by molar-refractivity contribution is -0.116. The van der Waals surface area contributed by atoms with Gasteiger partial charge in [-0.1, -0.05) is 6.92 Å². The Morgan fingerprint density at radius 3 is 3.07 bits per heavy atom. The van der Waals surface area contributed by atoms with Gasteiger partial charge < -0.3 is 11.1 Å². The first-order chi connectivity index (χ1) is 6.72. The number of amides is 1. The summed E-state index contributed by atoms with van der Waals surface area (Å²) in [7, 11) is 0. The van der Waals surface area contributed by atoms with Crippen LogP contribution in [0.1, 0.15) is 19.8 Å². The minimum absolute atomic E-state index is 0.0910. The van der Waals surface area contributed by atoms with Crippen molar-refractivity contribution < 1.29 is 4.79 Å². The van der Waals surface area contributed by atoms with E-state index in [1.807, 2.05) is 6.92 Å². The van der Waals surface area contributed by atoms with E-state index in [0.717, 1.165) is 6.42 Å². The molecule has 1 atom stereocenters. The van der Waals surface area contributed by atoms with Crippen LogP contribution >= 0.6 is 0 Å². The van der Waals surface area contributed by atoms with Crippen LogP contribution in [-0.4, -0.2) is 22.1 Å². The lowest BCUT2D eigenvalue weighted by Crippen LogP contribution is -2.26. The molecule has 0 spiro atoms. The topological polar surface area (TPSA) is 80.9 Å². The smallest absolute Gasteiger partial charge is 0.227 e. The fourth-order valence-electron chi connectivity index (χ4n) is 0.945. The van der Waals surface area contributed by atoms with Crippen LogP contribution in [-0.2, 0) is 4.79 Å². The van der Waals surface area contributed by atoms with E-state index in [1.165, 1.54) is 0 Å². The van der Waals surface area contributed by atoms with Gasteiger partial charge in [-0.2, -0.15) is 5.10 Å². The van der Waals surface area contributed by atoms with Gasteiger partial charge in [0.25, 0.3) is 0 Å². The summed E-state index contributed by atoms with van der Waals surface area (Å²) in [6, 6.07) is 3.30. The van der Waals surface area contributed by atoms with Crippen molar-refractivity contribution in [2.45, 2.75) is 25.8 Å². The van der Waals surface area contributed by atoms with Crippen molar-refractivity contribution in [1.29, 1.82) is 0 Å². The standard InChI is InChI=1S/C9H14N4O/c1-2-7(10)6-9(14)12-8-4-3-5-11-13-8/h3-5,7H,2,6,10H2,1H3,(H,12,13,14). The van der Waals surface area contributed by atoms with Gasteiger partial charge in [-0.05, 0) is 18.6 Å². The highest BCUT2D eigenvalue weighted by Gasteiger charge is 2.07. The number of hydrogen-bond acceptors (Lipinski definition) is 4. The van der Waals surface area contributed by atoms with E-state index in [-0.39, 0.29) is 11.9 Å². The van der Waals surface area contributed by atoms with Gasteiger partial charge in [0.2, 0.25) is 5.91 Å². The summed E-state index contributed by atoms with van der Waals surface area (Å²) < 4.78 is 0. The molecular formula is C9H14N4O. The number of carbonyl (C=O) groups is 1. The van der Waals surface area contributed by atoms with E-state index in [4.69, 9.17) is 5.73 Å². The van der Waals surface area contributed by atoms with Gasteiger partial charge in [0.05, 0.1) is 0 Å². The Morgan fingerprint density at radius 2 is 2.50 bits per heavy atom. The monoisotopic (exact) mass is 194 g/mol. The molecule has 0 aliphatic carbocycles. The number of rotatable bonds is 4. The fraction of sp³-hybridized carbons (Fsp3) is 0.444. The summed E-state index contributed by atoms with van der Waals surface area (Å²) >= 11 is 0. The Balaban J connectivity index is 2.42. The lowest BCUT2D eigenvalue weighted by atomic mass is 10.1. The van der Waals surface area contributed by atoms with Crippen LogP contribution in [0.2, 0.25) is 0 Å². The van der Waals surface area contributed by atoms with Gasteiger partial charge >= 0.3 is 0 Å². The van der Waals surface area contributed by atoms with E-state index < -0.39 is 0 Å². The Morgan fingerprint density at radius 1 is 1.71 bits per heavy atom. The highest BCUT2D eigenvalue weighted by Crippen LogP contribution is 2.01. The summed E-state index contributed by atoms with van der Waals surface area (Å²) in [4.78, 5) is 11.3. The van der Waals surface area contributed by atoms with Crippen molar-refractivity contribution in [3.63, 3.8) is 0 Å². The zero-order chi connectivity index (χ0) is 10.4. The molecule has 0 aliphatic rings. The number of nitrogens with one attached hydrogen (secondary N) is 1. The van der Waals surface area contributed by atoms with Crippen molar-refractivity contribution in [3.05, 3.63) is 18.3 Å². The molecule has 0 aromatic carbocycles. The Kier molecular flexibility index (Phi) is 4.00. The van der Waals surface area contributed by atoms with Crippen molar-refractivity contribution in [2.75, 3.05) is 5.32 Å². The maximum Gasteiger partial charge on any atom is 0.227 e. The molecule has 14 heavy (non-hydrogen) atoms. The van der Waals surface area contributed by atoms with E-state index in [2.05, 4.69) is 15.5 Å². The van der Waals surface area contributed by atoms with Gasteiger partial charge in [0.15, 0.2) is 5.82 Å². The van der Waals surface area contributed by atoms with Gasteiger partial charge in [0, 0.05) is 18.7 Å². The zero-order valence-electron chi connectivity index (χ0n) is 8.10. The Hall–Kier alpha value is -1.49. The second kappa shape index (κ2) is 5.29. The number of nitrogens with zero attached hydrogens (tertiary/aromatic N) is 2. The van der Waals surface area contributed by atoms with Crippen molar-refractivity contribution in [1.82, 2.24) is 10.2 Å². The molecule has 76 valence electrons. The molecule has 0 fully saturated rings. The third-order valence-corrected chi connectivity index (χ3v) is 1.81. The SMILES string of the molecule is CCC(N)CC(=O)Nc1cccnn1. The van der Waals surface area contributed by atoms with Crippen LogP contribution in [0.4, 0.5) is 5.82 Å². The van der Waals surface area contributed by atoms with Gasteiger partial charge in [-0.15, -0.1) is 5.10 Å². The highest BCUT2D eigenvalue weighted by molar-refractivity contribution is 5.89. The second-order valence-electron chi connectivity index (χ2n) is 3.03. The summed E-state index contributed by atoms with van der Waals surface area (Å²) in [5, 5.41) is 9.98. The molecule has 1 unspecified atom stereocenters. The third kappa shape index (κ3) is 3.49. The fourth-order valence-corrected chi connectivity index (χ4v) is 0.945. The quantitative estimate of drug-likeness (QED) is 0.733. The molecule has 5 nitrogen and oxygen atoms in total. The van der Waals surface area contributed by atoms with Crippen LogP contribution in [0, 0.1) is 0 Å². The molecule has 0 saturated carbocycles. The predicted molar refractivity (Wildman–Crippen MR) is 53.5 cm³/mol. The molecule has 0 aliphatic heterocycles. The van der Waals surface area contributed by atoms with Crippen LogP contribution in [0.5, 0.6) is 0 Å². The summed E-state index contributed by atoms with van der Waals surface area (Å²) in [6.07, 6.45) is 2.65. The highest BCUT2D eigenvalue weighted by atomic mass is 16.1. The van der Waals surface area contributed by atoms with Crippen molar-refractivity contribution in [2.24, 2.45) is 5.73 Å². The Bertz CT molecular complexity index is 288. The van der Waals surface area contributed by atoms with Crippen LogP contribution < -0.4 is 11.1 Å². The summed E-state index contributed by atoms with van der Waals surface area (Å²) in [5.74, 6) is 0.334. The molecule has 0 radical (unpaired) electrons. The summed E-state index contributed by atoms with van der Waals surface area (Å²) in [6.45, 7) is 1.94. The molecule has 0 saturated heterocycles. The minimum atomic E-state index is -0.125. The van der Waals surface area contributed by atoms with E-state index in [1.54, 1.807) is 18.3 Å². The Labute approximate surface area is 82.7 Å². The van der Waals surface area contributed by atoms with E-state index in [0.29, 0.717) is 12.2 Å². The van der Waals surface area contributed by atoms with Crippen LogP contribution in [0.25, 0.3) is 0 Å². The first-order valence-electron chi connectivity index (χ1n) is 4.55. The molecule has 1 aromatic rings. The minimum Gasteiger partial charge on any atom is -0.327 e. The molecule has 1 amide bonds. The van der Waals surface area contributed by atoms with Crippen LogP contribution in [0.3, 0.4) is 0 Å². The third-order valence-electron chi connectivity index (χ3n) is 1.81. The molecule has 1 aromatic heterocycles.